The number of carbonyl (C=O) groups excluding carboxylic acids is 1. The van der Waals surface area contributed by atoms with Crippen LogP contribution >= 0.6 is 12.4 Å². The maximum Gasteiger partial charge on any atom is 0.247 e. The maximum absolute atomic E-state index is 13.1. The summed E-state index contributed by atoms with van der Waals surface area (Å²) in [6, 6.07) is 21.6. The van der Waals surface area contributed by atoms with Gasteiger partial charge in [-0.25, -0.2) is 0 Å². The molecule has 0 aliphatic carbocycles. The molecule has 1 aliphatic heterocycles. The lowest BCUT2D eigenvalue weighted by Gasteiger charge is -2.20. The molecule has 8 heteroatoms. The zero-order valence-corrected chi connectivity index (χ0v) is 17.4. The number of hydrogen-bond acceptors (Lipinski definition) is 5. The lowest BCUT2D eigenvalue weighted by Crippen LogP contribution is -2.33. The second-order valence-corrected chi connectivity index (χ2v) is 6.88. The number of benzene rings is 3. The third-order valence-corrected chi connectivity index (χ3v) is 4.81. The number of ether oxygens (including phenoxy) is 2. The fraction of sp³-hybridized carbons (Fsp3) is 0.130. The van der Waals surface area contributed by atoms with Gasteiger partial charge in [-0.3, -0.25) is 10.2 Å². The van der Waals surface area contributed by atoms with Crippen LogP contribution in [0.25, 0.3) is 0 Å². The second kappa shape index (κ2) is 9.86. The highest BCUT2D eigenvalue weighted by Crippen LogP contribution is 2.35. The zero-order valence-electron chi connectivity index (χ0n) is 16.6. The third-order valence-electron chi connectivity index (χ3n) is 4.81. The molecule has 0 bridgehead atoms. The van der Waals surface area contributed by atoms with Crippen LogP contribution in [-0.2, 0) is 11.3 Å². The first-order chi connectivity index (χ1) is 14.6. The van der Waals surface area contributed by atoms with Crippen molar-refractivity contribution in [2.24, 2.45) is 5.73 Å². The summed E-state index contributed by atoms with van der Waals surface area (Å²) < 4.78 is 10.8. The Labute approximate surface area is 186 Å². The van der Waals surface area contributed by atoms with Crippen molar-refractivity contribution in [3.63, 3.8) is 0 Å². The number of carbonyl (C=O) groups is 1. The van der Waals surface area contributed by atoms with Crippen molar-refractivity contribution in [3.8, 4) is 11.5 Å². The van der Waals surface area contributed by atoms with Crippen LogP contribution in [0.4, 0.5) is 5.69 Å². The first-order valence-electron chi connectivity index (χ1n) is 9.52. The van der Waals surface area contributed by atoms with Crippen LogP contribution in [0, 0.1) is 5.41 Å². The largest absolute Gasteiger partial charge is 0.454 e. The number of halogens is 1. The van der Waals surface area contributed by atoms with Gasteiger partial charge in [0.15, 0.2) is 11.5 Å². The summed E-state index contributed by atoms with van der Waals surface area (Å²) in [4.78, 5) is 13.1. The van der Waals surface area contributed by atoms with Crippen molar-refractivity contribution in [3.05, 3.63) is 89.5 Å². The number of nitrogens with two attached hydrogens (primary N) is 1. The van der Waals surface area contributed by atoms with Crippen LogP contribution < -0.4 is 25.8 Å². The Kier molecular flexibility index (Phi) is 6.99. The molecule has 1 unspecified atom stereocenters. The molecule has 160 valence electrons. The molecule has 4 rings (SSSR count). The van der Waals surface area contributed by atoms with Gasteiger partial charge in [-0.15, -0.1) is 12.4 Å². The van der Waals surface area contributed by atoms with Crippen LogP contribution in [-0.4, -0.2) is 18.5 Å². The standard InChI is InChI=1S/C23H22N4O3.ClH/c24-22(25)16-6-9-18(10-7-16)27-21(17-8-11-19-20(12-17)30-14-29-19)23(28)26-13-15-4-2-1-3-5-15;/h1-12,21,27H,13-14H2,(H3,24,25)(H,26,28);1H. The van der Waals surface area contributed by atoms with Crippen molar-refractivity contribution >= 4 is 29.8 Å². The molecule has 3 aromatic rings. The molecule has 0 saturated heterocycles. The van der Waals surface area contributed by atoms with Crippen LogP contribution in [0.3, 0.4) is 0 Å². The Hall–Kier alpha value is -3.71. The Morgan fingerprint density at radius 3 is 2.42 bits per heavy atom. The number of rotatable bonds is 7. The molecule has 0 saturated carbocycles. The van der Waals surface area contributed by atoms with Crippen LogP contribution in [0.15, 0.2) is 72.8 Å². The van der Waals surface area contributed by atoms with Crippen LogP contribution in [0.1, 0.15) is 22.7 Å². The molecule has 1 amide bonds. The molecule has 3 aromatic carbocycles. The van der Waals surface area contributed by atoms with E-state index in [9.17, 15) is 4.79 Å². The Morgan fingerprint density at radius 2 is 1.71 bits per heavy atom. The van der Waals surface area contributed by atoms with Gasteiger partial charge in [0.2, 0.25) is 12.7 Å². The van der Waals surface area contributed by atoms with Gasteiger partial charge in [0.1, 0.15) is 11.9 Å². The highest BCUT2D eigenvalue weighted by molar-refractivity contribution is 5.95. The van der Waals surface area contributed by atoms with Crippen molar-refractivity contribution in [1.29, 1.82) is 5.41 Å². The molecule has 0 radical (unpaired) electrons. The summed E-state index contributed by atoms with van der Waals surface area (Å²) in [5.41, 5.74) is 8.64. The molecular weight excluding hydrogens is 416 g/mol. The third kappa shape index (κ3) is 5.26. The van der Waals surface area contributed by atoms with E-state index in [4.69, 9.17) is 20.6 Å². The number of amidine groups is 1. The van der Waals surface area contributed by atoms with Gasteiger partial charge in [0, 0.05) is 17.8 Å². The molecule has 0 fully saturated rings. The number of amides is 1. The summed E-state index contributed by atoms with van der Waals surface area (Å²) in [5.74, 6) is 1.10. The Morgan fingerprint density at radius 1 is 1.00 bits per heavy atom. The maximum atomic E-state index is 13.1. The monoisotopic (exact) mass is 438 g/mol. The number of fused-ring (bicyclic) bond motifs is 1. The van der Waals surface area contributed by atoms with Gasteiger partial charge in [0.25, 0.3) is 0 Å². The fourth-order valence-electron chi connectivity index (χ4n) is 3.19. The first kappa shape index (κ1) is 22.0. The molecule has 1 heterocycles. The van der Waals surface area contributed by atoms with Gasteiger partial charge >= 0.3 is 0 Å². The molecule has 0 spiro atoms. The smallest absolute Gasteiger partial charge is 0.247 e. The van der Waals surface area contributed by atoms with E-state index < -0.39 is 6.04 Å². The summed E-state index contributed by atoms with van der Waals surface area (Å²) in [7, 11) is 0. The molecule has 5 N–H and O–H groups in total. The number of nitrogen functional groups attached to an aromatic ring is 1. The SMILES string of the molecule is Cl.N=C(N)c1ccc(NC(C(=O)NCc2ccccc2)c2ccc3c(c2)OCO3)cc1. The summed E-state index contributed by atoms with van der Waals surface area (Å²) in [6.07, 6.45) is 0. The fourth-order valence-corrected chi connectivity index (χ4v) is 3.19. The van der Waals surface area contributed by atoms with E-state index in [1.807, 2.05) is 42.5 Å². The summed E-state index contributed by atoms with van der Waals surface area (Å²) in [6.45, 7) is 0.593. The molecule has 0 aromatic heterocycles. The van der Waals surface area contributed by atoms with E-state index in [1.54, 1.807) is 30.3 Å². The lowest BCUT2D eigenvalue weighted by molar-refractivity contribution is -0.122. The number of nitrogens with one attached hydrogen (secondary N) is 3. The molecule has 1 atom stereocenters. The van der Waals surface area contributed by atoms with E-state index in [2.05, 4.69) is 10.6 Å². The van der Waals surface area contributed by atoms with Crippen molar-refractivity contribution in [1.82, 2.24) is 5.32 Å². The van der Waals surface area contributed by atoms with Crippen LogP contribution in [0.5, 0.6) is 11.5 Å². The van der Waals surface area contributed by atoms with Gasteiger partial charge in [-0.2, -0.15) is 0 Å². The minimum Gasteiger partial charge on any atom is -0.454 e. The minimum absolute atomic E-state index is 0. The van der Waals surface area contributed by atoms with E-state index in [-0.39, 0.29) is 30.9 Å². The summed E-state index contributed by atoms with van der Waals surface area (Å²) in [5, 5.41) is 13.8. The summed E-state index contributed by atoms with van der Waals surface area (Å²) >= 11 is 0. The highest BCUT2D eigenvalue weighted by atomic mass is 35.5. The molecule has 7 nitrogen and oxygen atoms in total. The lowest BCUT2D eigenvalue weighted by atomic mass is 10.0. The van der Waals surface area contributed by atoms with Gasteiger partial charge in [0.05, 0.1) is 0 Å². The Balaban J connectivity index is 0.00000272. The topological polar surface area (TPSA) is 109 Å². The Bertz CT molecular complexity index is 1060. The quantitative estimate of drug-likeness (QED) is 0.333. The number of hydrogen-bond donors (Lipinski definition) is 4. The van der Waals surface area contributed by atoms with Crippen molar-refractivity contribution < 1.29 is 14.3 Å². The van der Waals surface area contributed by atoms with Crippen LogP contribution in [0.2, 0.25) is 0 Å². The van der Waals surface area contributed by atoms with Gasteiger partial charge in [-0.05, 0) is 47.5 Å². The van der Waals surface area contributed by atoms with E-state index in [1.165, 1.54) is 0 Å². The van der Waals surface area contributed by atoms with E-state index in [0.717, 1.165) is 16.8 Å². The average molecular weight is 439 g/mol. The van der Waals surface area contributed by atoms with Gasteiger partial charge < -0.3 is 25.8 Å². The van der Waals surface area contributed by atoms with Crippen molar-refractivity contribution in [2.45, 2.75) is 12.6 Å². The molecular formula is C23H23ClN4O3. The van der Waals surface area contributed by atoms with E-state index in [0.29, 0.717) is 23.6 Å². The minimum atomic E-state index is -0.647. The molecule has 1 aliphatic rings. The van der Waals surface area contributed by atoms with E-state index >= 15 is 0 Å². The average Bonchev–Trinajstić information content (AvgIpc) is 3.25. The van der Waals surface area contributed by atoms with Gasteiger partial charge in [-0.1, -0.05) is 36.4 Å². The highest BCUT2D eigenvalue weighted by Gasteiger charge is 2.23. The normalized spacial score (nSPS) is 12.4. The molecule has 31 heavy (non-hydrogen) atoms. The number of anilines is 1. The predicted octanol–water partition coefficient (Wildman–Crippen LogP) is 3.59. The zero-order chi connectivity index (χ0) is 20.9. The first-order valence-corrected chi connectivity index (χ1v) is 9.52. The second-order valence-electron chi connectivity index (χ2n) is 6.88. The van der Waals surface area contributed by atoms with Crippen molar-refractivity contribution in [2.75, 3.05) is 12.1 Å². The predicted molar refractivity (Wildman–Crippen MR) is 122 cm³/mol.